The molecule has 0 radical (unpaired) electrons. The minimum Gasteiger partial charge on any atom is -0.508 e. The molecule has 0 amide bonds. The van der Waals surface area contributed by atoms with Crippen molar-refractivity contribution in [2.24, 2.45) is 0 Å². The number of benzene rings is 1. The Balaban J connectivity index is 2.08. The molecule has 1 N–H and O–H groups in total. The Hall–Kier alpha value is -0.790. The Labute approximate surface area is 121 Å². The van der Waals surface area contributed by atoms with Crippen LogP contribution in [0.2, 0.25) is 0 Å². The van der Waals surface area contributed by atoms with Crippen LogP contribution >= 0.6 is 24.0 Å². The van der Waals surface area contributed by atoms with Gasteiger partial charge in [0.15, 0.2) is 9.84 Å². The quantitative estimate of drug-likeness (QED) is 0.797. The lowest BCUT2D eigenvalue weighted by Crippen LogP contribution is -2.49. The van der Waals surface area contributed by atoms with Crippen molar-refractivity contribution in [3.63, 3.8) is 0 Å². The van der Waals surface area contributed by atoms with E-state index in [1.165, 1.54) is 11.8 Å². The number of anilines is 1. The molecule has 7 heteroatoms. The number of thioether (sulfide) groups is 1. The molecule has 3 rings (SSSR count). The van der Waals surface area contributed by atoms with E-state index in [0.29, 0.717) is 4.32 Å². The Morgan fingerprint density at radius 3 is 2.95 bits per heavy atom. The molecule has 19 heavy (non-hydrogen) atoms. The van der Waals surface area contributed by atoms with Crippen LogP contribution in [0.4, 0.5) is 5.69 Å². The zero-order valence-electron chi connectivity index (χ0n) is 10.2. The van der Waals surface area contributed by atoms with Crippen LogP contribution in [0.1, 0.15) is 6.92 Å². The van der Waals surface area contributed by atoms with Crippen LogP contribution in [0, 0.1) is 0 Å². The molecule has 2 aliphatic rings. The number of rotatable bonds is 1. The molecule has 2 atom stereocenters. The van der Waals surface area contributed by atoms with E-state index in [1.807, 2.05) is 17.9 Å². The predicted octanol–water partition coefficient (Wildman–Crippen LogP) is 1.79. The molecule has 0 bridgehead atoms. The van der Waals surface area contributed by atoms with Gasteiger partial charge in [0.1, 0.15) is 10.1 Å². The van der Waals surface area contributed by atoms with Crippen molar-refractivity contribution in [2.75, 3.05) is 16.4 Å². The van der Waals surface area contributed by atoms with E-state index >= 15 is 0 Å². The van der Waals surface area contributed by atoms with E-state index in [4.69, 9.17) is 12.2 Å². The molecule has 102 valence electrons. The lowest BCUT2D eigenvalue weighted by Gasteiger charge is -2.34. The number of nitrogens with zero attached hydrogens (tertiary/aromatic N) is 1. The molecule has 0 aliphatic carbocycles. The fraction of sp³-hybridized carbons (Fsp3) is 0.417. The van der Waals surface area contributed by atoms with Crippen LogP contribution in [0.3, 0.4) is 0 Å². The first kappa shape index (κ1) is 13.2. The van der Waals surface area contributed by atoms with Crippen LogP contribution in [-0.4, -0.2) is 40.1 Å². The van der Waals surface area contributed by atoms with E-state index in [0.717, 1.165) is 5.69 Å². The third-order valence-electron chi connectivity index (χ3n) is 3.64. The summed E-state index contributed by atoms with van der Waals surface area (Å²) in [4.78, 5) is 1.88. The van der Waals surface area contributed by atoms with Crippen molar-refractivity contribution in [1.82, 2.24) is 0 Å². The molecule has 2 aliphatic heterocycles. The summed E-state index contributed by atoms with van der Waals surface area (Å²) < 4.78 is 24.4. The predicted molar refractivity (Wildman–Crippen MR) is 81.6 cm³/mol. The van der Waals surface area contributed by atoms with Crippen molar-refractivity contribution in [3.8, 4) is 5.75 Å². The van der Waals surface area contributed by atoms with Gasteiger partial charge in [0, 0.05) is 11.8 Å². The first-order valence-corrected chi connectivity index (χ1v) is 8.93. The molecule has 0 spiro atoms. The van der Waals surface area contributed by atoms with Gasteiger partial charge >= 0.3 is 0 Å². The molecule has 2 fully saturated rings. The van der Waals surface area contributed by atoms with Crippen molar-refractivity contribution in [1.29, 1.82) is 0 Å². The fourth-order valence-electron chi connectivity index (χ4n) is 2.79. The highest BCUT2D eigenvalue weighted by Gasteiger charge is 2.57. The average molecular weight is 315 g/mol. The van der Waals surface area contributed by atoms with Crippen LogP contribution < -0.4 is 4.90 Å². The summed E-state index contributed by atoms with van der Waals surface area (Å²) in [5.74, 6) is 0.426. The average Bonchev–Trinajstić information content (AvgIpc) is 2.60. The van der Waals surface area contributed by atoms with Gasteiger partial charge in [-0.1, -0.05) is 30.0 Å². The monoisotopic (exact) mass is 315 g/mol. The van der Waals surface area contributed by atoms with E-state index in [-0.39, 0.29) is 22.5 Å². The zero-order chi connectivity index (χ0) is 13.8. The summed E-state index contributed by atoms with van der Waals surface area (Å²) >= 11 is 6.82. The maximum absolute atomic E-state index is 11.9. The van der Waals surface area contributed by atoms with Gasteiger partial charge in [0.2, 0.25) is 0 Å². The smallest absolute Gasteiger partial charge is 0.153 e. The maximum Gasteiger partial charge on any atom is 0.153 e. The van der Waals surface area contributed by atoms with Gasteiger partial charge in [0.25, 0.3) is 0 Å². The SMILES string of the molecule is C[C@]12CS(=O)(=O)C[C@@H]1SC(=S)N2c1cccc(O)c1. The van der Waals surface area contributed by atoms with Crippen molar-refractivity contribution in [2.45, 2.75) is 17.7 Å². The van der Waals surface area contributed by atoms with Crippen LogP contribution in [-0.2, 0) is 9.84 Å². The Morgan fingerprint density at radius 1 is 1.53 bits per heavy atom. The number of aromatic hydroxyl groups is 1. The van der Waals surface area contributed by atoms with E-state index < -0.39 is 15.4 Å². The molecule has 2 saturated heterocycles. The fourth-order valence-corrected chi connectivity index (χ4v) is 7.72. The highest BCUT2D eigenvalue weighted by Crippen LogP contribution is 2.48. The summed E-state index contributed by atoms with van der Waals surface area (Å²) in [6, 6.07) is 6.77. The topological polar surface area (TPSA) is 57.6 Å². The van der Waals surface area contributed by atoms with E-state index in [1.54, 1.807) is 18.2 Å². The number of phenolic OH excluding ortho intramolecular Hbond substituents is 1. The number of phenols is 1. The lowest BCUT2D eigenvalue weighted by molar-refractivity contribution is 0.474. The van der Waals surface area contributed by atoms with Crippen molar-refractivity contribution < 1.29 is 13.5 Å². The van der Waals surface area contributed by atoms with Gasteiger partial charge in [-0.25, -0.2) is 8.42 Å². The zero-order valence-corrected chi connectivity index (χ0v) is 12.7. The van der Waals surface area contributed by atoms with Gasteiger partial charge in [-0.2, -0.15) is 0 Å². The Morgan fingerprint density at radius 2 is 2.26 bits per heavy atom. The summed E-state index contributed by atoms with van der Waals surface area (Å²) in [7, 11) is -3.02. The van der Waals surface area contributed by atoms with Crippen LogP contribution in [0.25, 0.3) is 0 Å². The van der Waals surface area contributed by atoms with Gasteiger partial charge in [-0.3, -0.25) is 0 Å². The second-order valence-corrected chi connectivity index (χ2v) is 9.09. The summed E-state index contributed by atoms with van der Waals surface area (Å²) in [6.45, 7) is 1.93. The van der Waals surface area contributed by atoms with Gasteiger partial charge in [-0.05, 0) is 19.1 Å². The maximum atomic E-state index is 11.9. The van der Waals surface area contributed by atoms with E-state index in [9.17, 15) is 13.5 Å². The third kappa shape index (κ3) is 2.04. The number of hydrogen-bond donors (Lipinski definition) is 1. The molecule has 0 aromatic heterocycles. The van der Waals surface area contributed by atoms with Crippen molar-refractivity contribution >= 4 is 43.8 Å². The van der Waals surface area contributed by atoms with Gasteiger partial charge < -0.3 is 10.0 Å². The molecule has 0 saturated carbocycles. The minimum atomic E-state index is -3.02. The second-order valence-electron chi connectivity index (χ2n) is 5.14. The summed E-state index contributed by atoms with van der Waals surface area (Å²) in [5, 5.41) is 9.56. The first-order chi connectivity index (χ1) is 8.82. The van der Waals surface area contributed by atoms with Gasteiger partial charge in [0.05, 0.1) is 22.3 Å². The highest BCUT2D eigenvalue weighted by molar-refractivity contribution is 8.24. The Bertz CT molecular complexity index is 658. The first-order valence-electron chi connectivity index (χ1n) is 5.82. The van der Waals surface area contributed by atoms with Crippen LogP contribution in [0.15, 0.2) is 24.3 Å². The highest BCUT2D eigenvalue weighted by atomic mass is 32.2. The number of fused-ring (bicyclic) bond motifs is 1. The van der Waals surface area contributed by atoms with Crippen LogP contribution in [0.5, 0.6) is 5.75 Å². The van der Waals surface area contributed by atoms with E-state index in [2.05, 4.69) is 0 Å². The number of hydrogen-bond acceptors (Lipinski definition) is 5. The largest absolute Gasteiger partial charge is 0.508 e. The summed E-state index contributed by atoms with van der Waals surface area (Å²) in [6.07, 6.45) is 0. The molecule has 2 heterocycles. The minimum absolute atomic E-state index is 0.0349. The van der Waals surface area contributed by atoms with Crippen molar-refractivity contribution in [3.05, 3.63) is 24.3 Å². The molecular formula is C12H13NO3S3. The molecule has 4 nitrogen and oxygen atoms in total. The molecule has 1 aromatic carbocycles. The summed E-state index contributed by atoms with van der Waals surface area (Å²) in [5.41, 5.74) is 0.230. The molecule has 1 aromatic rings. The normalized spacial score (nSPS) is 32.6. The molecular weight excluding hydrogens is 302 g/mol. The lowest BCUT2D eigenvalue weighted by atomic mass is 9.98. The standard InChI is InChI=1S/C12H13NO3S3/c1-12-7-19(15,16)6-10(12)18-11(17)13(12)8-3-2-4-9(14)5-8/h2-5,10,14H,6-7H2,1H3/t10-,12-/m0/s1. The molecule has 0 unspecified atom stereocenters. The third-order valence-corrected chi connectivity index (χ3v) is 7.53. The number of sulfone groups is 1. The Kier molecular flexibility index (Phi) is 2.85. The van der Waals surface area contributed by atoms with Gasteiger partial charge in [-0.15, -0.1) is 0 Å². The number of thiocarbonyl (C=S) groups is 1. The second kappa shape index (κ2) is 4.10.